The number of carbonyl (C=O) groups is 2. The Morgan fingerprint density at radius 3 is 2.34 bits per heavy atom. The van der Waals surface area contributed by atoms with E-state index in [-0.39, 0.29) is 29.4 Å². The highest BCUT2D eigenvalue weighted by Crippen LogP contribution is 2.45. The van der Waals surface area contributed by atoms with E-state index >= 15 is 0 Å². The fraction of sp³-hybridized carbons (Fsp3) is 0.407. The summed E-state index contributed by atoms with van der Waals surface area (Å²) < 4.78 is 21.7. The lowest BCUT2D eigenvalue weighted by Crippen LogP contribution is -2.39. The molecule has 2 aliphatic rings. The Kier molecular flexibility index (Phi) is 8.80. The van der Waals surface area contributed by atoms with Gasteiger partial charge in [0.1, 0.15) is 5.76 Å². The average Bonchev–Trinajstić information content (AvgIpc) is 3.19. The van der Waals surface area contributed by atoms with Crippen molar-refractivity contribution in [3.8, 4) is 23.0 Å². The molecular weight excluding hydrogens is 560 g/mol. The molecule has 2 fully saturated rings. The molecule has 10 nitrogen and oxygen atoms in total. The first-order valence-corrected chi connectivity index (χ1v) is 13.0. The molecule has 0 bridgehead atoms. The van der Waals surface area contributed by atoms with E-state index < -0.39 is 17.7 Å². The molecule has 1 atom stereocenters. The summed E-state index contributed by atoms with van der Waals surface area (Å²) in [4.78, 5) is 30.4. The number of morpholine rings is 1. The number of benzene rings is 2. The Morgan fingerprint density at radius 1 is 1.00 bits per heavy atom. The molecule has 1 amide bonds. The molecule has 2 aromatic rings. The van der Waals surface area contributed by atoms with Crippen molar-refractivity contribution in [1.82, 2.24) is 9.80 Å². The van der Waals surface area contributed by atoms with Crippen molar-refractivity contribution in [3.63, 3.8) is 0 Å². The second-order valence-electron chi connectivity index (χ2n) is 8.92. The highest BCUT2D eigenvalue weighted by atomic mass is 79.9. The number of hydrogen-bond acceptors (Lipinski definition) is 9. The van der Waals surface area contributed by atoms with E-state index in [1.807, 2.05) is 0 Å². The lowest BCUT2D eigenvalue weighted by atomic mass is 9.94. The molecule has 4 rings (SSSR count). The van der Waals surface area contributed by atoms with E-state index in [0.717, 1.165) is 19.6 Å². The number of rotatable bonds is 9. The normalized spacial score (nSPS) is 19.6. The first-order chi connectivity index (χ1) is 18.3. The van der Waals surface area contributed by atoms with Gasteiger partial charge in [-0.3, -0.25) is 14.5 Å². The van der Waals surface area contributed by atoms with Gasteiger partial charge >= 0.3 is 0 Å². The molecule has 0 aromatic heterocycles. The van der Waals surface area contributed by atoms with E-state index in [9.17, 15) is 19.8 Å². The third-order valence-corrected chi connectivity index (χ3v) is 7.36. The molecule has 0 saturated carbocycles. The number of likely N-dealkylation sites (tertiary alicyclic amines) is 1. The smallest absolute Gasteiger partial charge is 0.295 e. The summed E-state index contributed by atoms with van der Waals surface area (Å²) in [5.41, 5.74) is 0.733. The first kappa shape index (κ1) is 27.7. The van der Waals surface area contributed by atoms with Crippen LogP contribution >= 0.6 is 15.9 Å². The number of nitrogens with zero attached hydrogens (tertiary/aromatic N) is 2. The topological polar surface area (TPSA) is 118 Å². The molecule has 2 heterocycles. The molecule has 0 aliphatic carbocycles. The summed E-state index contributed by atoms with van der Waals surface area (Å²) in [6.45, 7) is 3.97. The molecule has 38 heavy (non-hydrogen) atoms. The van der Waals surface area contributed by atoms with E-state index in [1.54, 1.807) is 30.3 Å². The highest BCUT2D eigenvalue weighted by Gasteiger charge is 2.46. The molecule has 11 heteroatoms. The number of hydrogen-bond donors (Lipinski definition) is 2. The predicted molar refractivity (Wildman–Crippen MR) is 143 cm³/mol. The number of methoxy groups -OCH3 is 3. The van der Waals surface area contributed by atoms with Crippen LogP contribution in [0.1, 0.15) is 23.6 Å². The van der Waals surface area contributed by atoms with Gasteiger partial charge in [0, 0.05) is 31.7 Å². The number of amides is 1. The van der Waals surface area contributed by atoms with Gasteiger partial charge in [0.05, 0.1) is 50.6 Å². The number of ether oxygens (including phenoxy) is 4. The van der Waals surface area contributed by atoms with Crippen molar-refractivity contribution in [3.05, 3.63) is 51.5 Å². The maximum absolute atomic E-state index is 13.4. The maximum Gasteiger partial charge on any atom is 0.295 e. The summed E-state index contributed by atoms with van der Waals surface area (Å²) in [7, 11) is 4.37. The van der Waals surface area contributed by atoms with Crippen LogP contribution < -0.4 is 14.2 Å². The largest absolute Gasteiger partial charge is 0.507 e. The fourth-order valence-electron chi connectivity index (χ4n) is 4.79. The number of phenolic OH excluding ortho intramolecular Hbond substituents is 1. The summed E-state index contributed by atoms with van der Waals surface area (Å²) in [6.07, 6.45) is 0.621. The van der Waals surface area contributed by atoms with Crippen molar-refractivity contribution >= 4 is 33.4 Å². The second kappa shape index (κ2) is 12.1. The third-order valence-electron chi connectivity index (χ3n) is 6.76. The fourth-order valence-corrected chi connectivity index (χ4v) is 5.25. The highest BCUT2D eigenvalue weighted by molar-refractivity contribution is 9.10. The molecule has 2 aromatic carbocycles. The predicted octanol–water partition coefficient (Wildman–Crippen LogP) is 3.32. The summed E-state index contributed by atoms with van der Waals surface area (Å²) in [5, 5.41) is 21.7. The summed E-state index contributed by atoms with van der Waals surface area (Å²) in [5.74, 6) is -0.967. The van der Waals surface area contributed by atoms with Crippen LogP contribution in [0.25, 0.3) is 5.76 Å². The molecule has 2 saturated heterocycles. The minimum atomic E-state index is -0.904. The number of phenols is 1. The summed E-state index contributed by atoms with van der Waals surface area (Å²) >= 11 is 3.33. The molecule has 0 unspecified atom stereocenters. The average molecular weight is 591 g/mol. The van der Waals surface area contributed by atoms with Crippen LogP contribution in [0.3, 0.4) is 0 Å². The third kappa shape index (κ3) is 5.45. The van der Waals surface area contributed by atoms with Crippen LogP contribution in [-0.2, 0) is 14.3 Å². The van der Waals surface area contributed by atoms with Gasteiger partial charge in [0.25, 0.3) is 11.7 Å². The van der Waals surface area contributed by atoms with Gasteiger partial charge in [0.2, 0.25) is 0 Å². The first-order valence-electron chi connectivity index (χ1n) is 12.2. The Labute approximate surface area is 229 Å². The Bertz CT molecular complexity index is 1240. The van der Waals surface area contributed by atoms with Crippen LogP contribution in [0.4, 0.5) is 0 Å². The van der Waals surface area contributed by atoms with Crippen LogP contribution in [0.5, 0.6) is 23.0 Å². The lowest BCUT2D eigenvalue weighted by molar-refractivity contribution is -0.140. The Balaban J connectivity index is 1.77. The van der Waals surface area contributed by atoms with Crippen molar-refractivity contribution in [2.75, 3.05) is 60.7 Å². The van der Waals surface area contributed by atoms with Crippen LogP contribution in [-0.4, -0.2) is 92.4 Å². The summed E-state index contributed by atoms with van der Waals surface area (Å²) in [6, 6.07) is 7.02. The van der Waals surface area contributed by atoms with E-state index in [1.165, 1.54) is 26.2 Å². The molecule has 2 N–H and O–H groups in total. The van der Waals surface area contributed by atoms with Gasteiger partial charge in [0.15, 0.2) is 23.0 Å². The molecule has 0 spiro atoms. The maximum atomic E-state index is 13.4. The molecular formula is C27H31BrN2O8. The van der Waals surface area contributed by atoms with Crippen LogP contribution in [0.15, 0.2) is 40.4 Å². The van der Waals surface area contributed by atoms with Gasteiger partial charge in [-0.1, -0.05) is 0 Å². The second-order valence-corrected chi connectivity index (χ2v) is 9.78. The zero-order chi connectivity index (χ0) is 27.4. The van der Waals surface area contributed by atoms with Crippen LogP contribution in [0, 0.1) is 0 Å². The number of Topliss-reactive ketones (excluding diaryl/α,β-unsaturated/α-hetero) is 1. The van der Waals surface area contributed by atoms with Crippen molar-refractivity contribution in [2.24, 2.45) is 0 Å². The molecule has 0 radical (unpaired) electrons. The van der Waals surface area contributed by atoms with Crippen molar-refractivity contribution in [1.29, 1.82) is 0 Å². The van der Waals surface area contributed by atoms with E-state index in [4.69, 9.17) is 18.9 Å². The lowest BCUT2D eigenvalue weighted by Gasteiger charge is -2.29. The van der Waals surface area contributed by atoms with E-state index in [0.29, 0.717) is 46.7 Å². The molecule has 2 aliphatic heterocycles. The van der Waals surface area contributed by atoms with Gasteiger partial charge < -0.3 is 34.1 Å². The number of aromatic hydroxyl groups is 1. The van der Waals surface area contributed by atoms with Gasteiger partial charge in [-0.25, -0.2) is 0 Å². The standard InChI is InChI=1S/C27H31BrN2O8/c1-35-19-6-5-16(14-20(19)36-2)24(31)22-23(17-13-18(28)25(32)21(15-17)37-3)30(27(34)26(22)33)8-4-7-29-9-11-38-12-10-29/h5-6,13-15,23,31-32H,4,7-12H2,1-3H3/t23-/m0/s1. The quantitative estimate of drug-likeness (QED) is 0.257. The zero-order valence-electron chi connectivity index (χ0n) is 21.5. The minimum Gasteiger partial charge on any atom is -0.507 e. The van der Waals surface area contributed by atoms with Crippen molar-refractivity contribution < 1.29 is 38.7 Å². The Morgan fingerprint density at radius 2 is 1.68 bits per heavy atom. The van der Waals surface area contributed by atoms with Crippen molar-refractivity contribution in [2.45, 2.75) is 12.5 Å². The number of carbonyl (C=O) groups excluding carboxylic acids is 2. The monoisotopic (exact) mass is 590 g/mol. The minimum absolute atomic E-state index is 0.0618. The zero-order valence-corrected chi connectivity index (χ0v) is 23.1. The van der Waals surface area contributed by atoms with Gasteiger partial charge in [-0.2, -0.15) is 0 Å². The number of aliphatic hydroxyl groups excluding tert-OH is 1. The van der Waals surface area contributed by atoms with Gasteiger partial charge in [-0.15, -0.1) is 0 Å². The Hall–Kier alpha value is -3.28. The van der Waals surface area contributed by atoms with Crippen LogP contribution in [0.2, 0.25) is 0 Å². The number of aliphatic hydroxyl groups is 1. The number of ketones is 1. The van der Waals surface area contributed by atoms with Gasteiger partial charge in [-0.05, 0) is 58.2 Å². The number of halogens is 1. The SMILES string of the molecule is COc1ccc(C(O)=C2C(=O)C(=O)N(CCCN3CCOCC3)[C@H]2c2cc(Br)c(O)c(OC)c2)cc1OC. The molecule has 204 valence electrons. The van der Waals surface area contributed by atoms with E-state index in [2.05, 4.69) is 20.8 Å².